The molecule has 21 heavy (non-hydrogen) atoms. The fraction of sp³-hybridized carbons (Fsp3) is 0.0625. The topological polar surface area (TPSA) is 67.8 Å². The van der Waals surface area contributed by atoms with Crippen molar-refractivity contribution in [3.05, 3.63) is 71.8 Å². The Bertz CT molecular complexity index is 652. The summed E-state index contributed by atoms with van der Waals surface area (Å²) in [7, 11) is 1.23. The van der Waals surface area contributed by atoms with Crippen molar-refractivity contribution in [2.45, 2.75) is 0 Å². The van der Waals surface area contributed by atoms with Gasteiger partial charge in [0.05, 0.1) is 7.11 Å². The molecule has 0 heterocycles. The minimum absolute atomic E-state index is 0.149. The highest BCUT2D eigenvalue weighted by Gasteiger charge is 2.12. The Morgan fingerprint density at radius 2 is 1.43 bits per heavy atom. The van der Waals surface area contributed by atoms with Gasteiger partial charge in [0.25, 0.3) is 5.91 Å². The number of nitrogens with zero attached hydrogens (tertiary/aromatic N) is 1. The highest BCUT2D eigenvalue weighted by molar-refractivity contribution is 6.14. The van der Waals surface area contributed by atoms with Crippen LogP contribution in [0.2, 0.25) is 0 Å². The molecule has 1 N–H and O–H groups in total. The van der Waals surface area contributed by atoms with E-state index in [4.69, 9.17) is 0 Å². The predicted molar refractivity (Wildman–Crippen MR) is 79.3 cm³/mol. The number of aliphatic imine (C=N–C) groups is 1. The largest absolute Gasteiger partial charge is 0.451 e. The maximum atomic E-state index is 12.2. The Morgan fingerprint density at radius 1 is 0.905 bits per heavy atom. The van der Waals surface area contributed by atoms with Crippen molar-refractivity contribution in [2.24, 2.45) is 4.99 Å². The minimum Gasteiger partial charge on any atom is -0.451 e. The first kappa shape index (κ1) is 14.5. The number of hydrogen-bond acceptors (Lipinski definition) is 3. The zero-order valence-electron chi connectivity index (χ0n) is 11.4. The van der Waals surface area contributed by atoms with Crippen molar-refractivity contribution in [2.75, 3.05) is 7.11 Å². The minimum atomic E-state index is -0.776. The number of hydrogen-bond donors (Lipinski definition) is 1. The van der Waals surface area contributed by atoms with Crippen LogP contribution in [0, 0.1) is 0 Å². The van der Waals surface area contributed by atoms with Crippen LogP contribution < -0.4 is 5.32 Å². The molecule has 0 aliphatic heterocycles. The van der Waals surface area contributed by atoms with E-state index in [1.807, 2.05) is 12.1 Å². The Kier molecular flexibility index (Phi) is 4.82. The number of nitrogens with one attached hydrogen (secondary N) is 1. The molecule has 0 aliphatic rings. The van der Waals surface area contributed by atoms with E-state index in [1.54, 1.807) is 48.5 Å². The molecule has 0 saturated carbocycles. The van der Waals surface area contributed by atoms with E-state index < -0.39 is 6.09 Å². The van der Waals surface area contributed by atoms with Crippen LogP contribution in [0.3, 0.4) is 0 Å². The summed E-state index contributed by atoms with van der Waals surface area (Å²) >= 11 is 0. The molecular weight excluding hydrogens is 268 g/mol. The Morgan fingerprint density at radius 3 is 1.95 bits per heavy atom. The summed E-state index contributed by atoms with van der Waals surface area (Å²) in [6, 6.07) is 17.6. The molecule has 0 bridgehead atoms. The SMILES string of the molecule is COC(=O)/N=C(/NC(=O)c1ccccc1)c1ccccc1. The third kappa shape index (κ3) is 4.01. The van der Waals surface area contributed by atoms with E-state index in [0.29, 0.717) is 11.1 Å². The molecule has 0 atom stereocenters. The van der Waals surface area contributed by atoms with E-state index in [2.05, 4.69) is 15.0 Å². The van der Waals surface area contributed by atoms with Gasteiger partial charge in [-0.25, -0.2) is 4.79 Å². The highest BCUT2D eigenvalue weighted by atomic mass is 16.5. The lowest BCUT2D eigenvalue weighted by Gasteiger charge is -2.08. The van der Waals surface area contributed by atoms with Crippen molar-refractivity contribution in [3.8, 4) is 0 Å². The molecule has 0 aromatic heterocycles. The Balaban J connectivity index is 2.27. The van der Waals surface area contributed by atoms with Crippen LogP contribution in [-0.4, -0.2) is 24.9 Å². The summed E-state index contributed by atoms with van der Waals surface area (Å²) in [5.41, 5.74) is 1.10. The second-order valence-electron chi connectivity index (χ2n) is 4.12. The van der Waals surface area contributed by atoms with Gasteiger partial charge in [-0.2, -0.15) is 4.99 Å². The van der Waals surface area contributed by atoms with Crippen molar-refractivity contribution >= 4 is 17.8 Å². The molecule has 2 amide bonds. The van der Waals surface area contributed by atoms with Crippen molar-refractivity contribution in [1.82, 2.24) is 5.32 Å². The summed E-state index contributed by atoms with van der Waals surface area (Å²) in [5.74, 6) is -0.196. The molecule has 0 fully saturated rings. The van der Waals surface area contributed by atoms with E-state index in [9.17, 15) is 9.59 Å². The molecule has 5 nitrogen and oxygen atoms in total. The molecule has 2 aromatic carbocycles. The van der Waals surface area contributed by atoms with Gasteiger partial charge in [-0.15, -0.1) is 0 Å². The number of carbonyl (C=O) groups is 2. The van der Waals surface area contributed by atoms with Gasteiger partial charge in [-0.3, -0.25) is 4.79 Å². The first-order chi connectivity index (χ1) is 10.2. The summed E-state index contributed by atoms with van der Waals surface area (Å²) in [5, 5.41) is 2.63. The molecule has 0 spiro atoms. The van der Waals surface area contributed by atoms with E-state index in [1.165, 1.54) is 7.11 Å². The molecule has 106 valence electrons. The van der Waals surface area contributed by atoms with Crippen LogP contribution >= 0.6 is 0 Å². The number of methoxy groups -OCH3 is 1. The Hall–Kier alpha value is -2.95. The second-order valence-corrected chi connectivity index (χ2v) is 4.12. The number of ether oxygens (including phenoxy) is 1. The maximum absolute atomic E-state index is 12.2. The normalized spacial score (nSPS) is 10.8. The van der Waals surface area contributed by atoms with Gasteiger partial charge in [0.1, 0.15) is 5.84 Å². The number of benzene rings is 2. The van der Waals surface area contributed by atoms with Crippen molar-refractivity contribution in [3.63, 3.8) is 0 Å². The van der Waals surface area contributed by atoms with Crippen LogP contribution in [0.25, 0.3) is 0 Å². The predicted octanol–water partition coefficient (Wildman–Crippen LogP) is 2.63. The Labute approximate surface area is 122 Å². The third-order valence-corrected chi connectivity index (χ3v) is 2.69. The molecule has 0 saturated heterocycles. The van der Waals surface area contributed by atoms with Crippen LogP contribution in [0.4, 0.5) is 4.79 Å². The van der Waals surface area contributed by atoms with E-state index in [-0.39, 0.29) is 11.7 Å². The molecule has 2 rings (SSSR count). The monoisotopic (exact) mass is 282 g/mol. The summed E-state index contributed by atoms with van der Waals surface area (Å²) in [6.45, 7) is 0. The van der Waals surface area contributed by atoms with Crippen molar-refractivity contribution in [1.29, 1.82) is 0 Å². The summed E-state index contributed by atoms with van der Waals surface area (Å²) in [4.78, 5) is 27.3. The van der Waals surface area contributed by atoms with Gasteiger partial charge < -0.3 is 10.1 Å². The summed E-state index contributed by atoms with van der Waals surface area (Å²) < 4.78 is 4.51. The molecule has 2 aromatic rings. The van der Waals surface area contributed by atoms with Crippen LogP contribution in [0.15, 0.2) is 65.7 Å². The third-order valence-electron chi connectivity index (χ3n) is 2.69. The average Bonchev–Trinajstić information content (AvgIpc) is 2.55. The smallest absolute Gasteiger partial charge is 0.435 e. The quantitative estimate of drug-likeness (QED) is 0.680. The van der Waals surface area contributed by atoms with Gasteiger partial charge in [0.15, 0.2) is 0 Å². The average molecular weight is 282 g/mol. The van der Waals surface area contributed by atoms with E-state index >= 15 is 0 Å². The first-order valence-electron chi connectivity index (χ1n) is 6.29. The van der Waals surface area contributed by atoms with Crippen LogP contribution in [0.1, 0.15) is 15.9 Å². The number of rotatable bonds is 2. The zero-order valence-corrected chi connectivity index (χ0v) is 11.4. The van der Waals surface area contributed by atoms with Gasteiger partial charge >= 0.3 is 6.09 Å². The molecule has 0 unspecified atom stereocenters. The number of amides is 2. The van der Waals surface area contributed by atoms with E-state index in [0.717, 1.165) is 0 Å². The number of amidine groups is 1. The maximum Gasteiger partial charge on any atom is 0.435 e. The molecule has 0 radical (unpaired) electrons. The van der Waals surface area contributed by atoms with Gasteiger partial charge in [-0.05, 0) is 12.1 Å². The van der Waals surface area contributed by atoms with Crippen LogP contribution in [0.5, 0.6) is 0 Å². The van der Waals surface area contributed by atoms with Gasteiger partial charge in [0, 0.05) is 11.1 Å². The van der Waals surface area contributed by atoms with Gasteiger partial charge in [0.2, 0.25) is 0 Å². The molecule has 5 heteroatoms. The lowest BCUT2D eigenvalue weighted by atomic mass is 10.2. The second kappa shape index (κ2) is 7.00. The van der Waals surface area contributed by atoms with Gasteiger partial charge in [-0.1, -0.05) is 48.5 Å². The lowest BCUT2D eigenvalue weighted by molar-refractivity contribution is 0.0977. The first-order valence-corrected chi connectivity index (χ1v) is 6.29. The fourth-order valence-electron chi connectivity index (χ4n) is 1.67. The standard InChI is InChI=1S/C16H14N2O3/c1-21-16(20)18-14(12-8-4-2-5-9-12)17-15(19)13-10-6-3-7-11-13/h2-11H,1H3,(H,17,18,19,20). The summed E-state index contributed by atoms with van der Waals surface area (Å²) in [6.07, 6.45) is -0.776. The number of carbonyl (C=O) groups excluding carboxylic acids is 2. The molecule has 0 aliphatic carbocycles. The van der Waals surface area contributed by atoms with Crippen molar-refractivity contribution < 1.29 is 14.3 Å². The fourth-order valence-corrected chi connectivity index (χ4v) is 1.67. The highest BCUT2D eigenvalue weighted by Crippen LogP contribution is 2.03. The molecular formula is C16H14N2O3. The lowest BCUT2D eigenvalue weighted by Crippen LogP contribution is -2.32. The zero-order chi connectivity index (χ0) is 15.1. The van der Waals surface area contributed by atoms with Crippen LogP contribution in [-0.2, 0) is 4.74 Å².